The minimum atomic E-state index is -0.920. The fourth-order valence-electron chi connectivity index (χ4n) is 3.53. The van der Waals surface area contributed by atoms with E-state index in [9.17, 15) is 19.8 Å². The first-order valence-electron chi connectivity index (χ1n) is 16.0. The minimum Gasteiger partial charge on any atom is -0.550 e. The van der Waals surface area contributed by atoms with Crippen LogP contribution in [-0.2, 0) is 31.3 Å². The van der Waals surface area contributed by atoms with Crippen molar-refractivity contribution in [2.45, 2.75) is 182 Å². The third kappa shape index (κ3) is 72.7. The SMILES string of the molecule is CCCCCCCC(=O)[O-].CCCCCCCC(=O)[O-].CCCCCCCCO.CCCCCCCCO.[Ti+2]. The van der Waals surface area contributed by atoms with Gasteiger partial charge in [0.2, 0.25) is 0 Å². The van der Waals surface area contributed by atoms with Crippen molar-refractivity contribution in [3.8, 4) is 0 Å². The topological polar surface area (TPSA) is 121 Å². The number of hydrogen-bond acceptors (Lipinski definition) is 6. The maximum Gasteiger partial charge on any atom is 2.00 e. The summed E-state index contributed by atoms with van der Waals surface area (Å²) in [5.74, 6) is -1.84. The van der Waals surface area contributed by atoms with Crippen LogP contribution in [0.4, 0.5) is 0 Å². The number of aliphatic carboxylic acids is 2. The number of aliphatic hydroxyl groups excluding tert-OH is 2. The van der Waals surface area contributed by atoms with E-state index in [0.717, 1.165) is 51.4 Å². The Labute approximate surface area is 258 Å². The number of carboxylic acids is 2. The summed E-state index contributed by atoms with van der Waals surface area (Å²) in [6.45, 7) is 9.44. The van der Waals surface area contributed by atoms with Gasteiger partial charge in [-0.1, -0.05) is 143 Å². The molecule has 0 radical (unpaired) electrons. The number of unbranched alkanes of at least 4 members (excludes halogenated alkanes) is 18. The molecule has 234 valence electrons. The molecule has 0 aliphatic carbocycles. The van der Waals surface area contributed by atoms with Crippen molar-refractivity contribution in [1.82, 2.24) is 0 Å². The molecule has 0 spiro atoms. The minimum absolute atomic E-state index is 0. The smallest absolute Gasteiger partial charge is 0.550 e. The van der Waals surface area contributed by atoms with E-state index in [1.807, 2.05) is 0 Å². The van der Waals surface area contributed by atoms with Crippen LogP contribution >= 0.6 is 0 Å². The summed E-state index contributed by atoms with van der Waals surface area (Å²) < 4.78 is 0. The number of carbonyl (C=O) groups is 2. The van der Waals surface area contributed by atoms with Crippen LogP contribution in [0.5, 0.6) is 0 Å². The average molecular weight is 595 g/mol. The van der Waals surface area contributed by atoms with Gasteiger partial charge in [0.1, 0.15) is 0 Å². The van der Waals surface area contributed by atoms with Crippen LogP contribution in [0.15, 0.2) is 0 Å². The van der Waals surface area contributed by atoms with Gasteiger partial charge < -0.3 is 30.0 Å². The largest absolute Gasteiger partial charge is 2.00 e. The summed E-state index contributed by atoms with van der Waals surface area (Å²) in [4.78, 5) is 19.8. The standard InChI is InChI=1S/2C8H16O2.2C8H18O.Ti/c2*1-2-3-4-5-6-7-8(9)10;2*1-2-3-4-5-6-7-8-9;/h2*2-7H2,1H3,(H,9,10);2*9H,2-8H2,1H3;/q;;;;+2/p-2. The van der Waals surface area contributed by atoms with Gasteiger partial charge in [0.05, 0.1) is 0 Å². The predicted molar refractivity (Wildman–Crippen MR) is 158 cm³/mol. The summed E-state index contributed by atoms with van der Waals surface area (Å²) in [5.41, 5.74) is 0. The molecule has 0 bridgehead atoms. The van der Waals surface area contributed by atoms with Gasteiger partial charge in [-0.05, 0) is 38.5 Å². The van der Waals surface area contributed by atoms with Crippen molar-refractivity contribution in [3.63, 3.8) is 0 Å². The van der Waals surface area contributed by atoms with Gasteiger partial charge >= 0.3 is 21.7 Å². The average Bonchev–Trinajstić information content (AvgIpc) is 2.89. The van der Waals surface area contributed by atoms with Gasteiger partial charge in [0, 0.05) is 25.2 Å². The van der Waals surface area contributed by atoms with E-state index in [1.54, 1.807) is 0 Å². The predicted octanol–water partition coefficient (Wildman–Crippen LogP) is 6.87. The Balaban J connectivity index is -0.000000131. The summed E-state index contributed by atoms with van der Waals surface area (Å²) in [7, 11) is 0. The molecule has 0 aromatic rings. The van der Waals surface area contributed by atoms with Crippen molar-refractivity contribution >= 4 is 11.9 Å². The maximum absolute atomic E-state index is 9.92. The molecule has 0 aliphatic heterocycles. The quantitative estimate of drug-likeness (QED) is 0.0929. The van der Waals surface area contributed by atoms with Crippen LogP contribution in [0.3, 0.4) is 0 Å². The van der Waals surface area contributed by atoms with Crippen LogP contribution in [0.25, 0.3) is 0 Å². The van der Waals surface area contributed by atoms with E-state index in [1.165, 1.54) is 89.9 Å². The molecule has 0 aromatic carbocycles. The zero-order chi connectivity index (χ0) is 29.5. The Hall–Kier alpha value is -0.426. The number of hydrogen-bond donors (Lipinski definition) is 2. The van der Waals surface area contributed by atoms with Gasteiger partial charge in [-0.25, -0.2) is 0 Å². The summed E-state index contributed by atoms with van der Waals surface area (Å²) in [6, 6.07) is 0. The number of rotatable bonds is 24. The zero-order valence-electron chi connectivity index (χ0n) is 26.4. The summed E-state index contributed by atoms with van der Waals surface area (Å²) in [5, 5.41) is 36.7. The van der Waals surface area contributed by atoms with Gasteiger partial charge in [-0.2, -0.15) is 0 Å². The van der Waals surface area contributed by atoms with Gasteiger partial charge in [-0.15, -0.1) is 0 Å². The monoisotopic (exact) mass is 594 g/mol. The Morgan fingerprint density at radius 1 is 0.410 bits per heavy atom. The molecule has 7 heteroatoms. The third-order valence-electron chi connectivity index (χ3n) is 5.99. The molecule has 39 heavy (non-hydrogen) atoms. The van der Waals surface area contributed by atoms with E-state index in [2.05, 4.69) is 27.7 Å². The second-order valence-electron chi connectivity index (χ2n) is 10.1. The van der Waals surface area contributed by atoms with Crippen molar-refractivity contribution < 1.29 is 51.7 Å². The second kappa shape index (κ2) is 50.4. The molecular formula is C32H66O6Ti. The normalized spacial score (nSPS) is 9.59. The van der Waals surface area contributed by atoms with Crippen molar-refractivity contribution in [1.29, 1.82) is 0 Å². The summed E-state index contributed by atoms with van der Waals surface area (Å²) in [6.07, 6.45) is 26.2. The van der Waals surface area contributed by atoms with Crippen molar-refractivity contribution in [2.24, 2.45) is 0 Å². The number of carboxylic acid groups (broad SMARTS) is 2. The first kappa shape index (κ1) is 48.3. The van der Waals surface area contributed by atoms with E-state index < -0.39 is 11.9 Å². The van der Waals surface area contributed by atoms with Crippen molar-refractivity contribution in [3.05, 3.63) is 0 Å². The third-order valence-corrected chi connectivity index (χ3v) is 5.99. The molecule has 0 unspecified atom stereocenters. The number of aliphatic hydroxyl groups is 2. The molecular weight excluding hydrogens is 528 g/mol. The first-order chi connectivity index (χ1) is 18.4. The Kier molecular flexibility index (Phi) is 62.5. The molecule has 0 amide bonds. The van der Waals surface area contributed by atoms with E-state index in [0.29, 0.717) is 13.2 Å². The molecule has 0 saturated carbocycles. The first-order valence-corrected chi connectivity index (χ1v) is 16.0. The molecule has 0 atom stereocenters. The van der Waals surface area contributed by atoms with Crippen LogP contribution in [0, 0.1) is 0 Å². The van der Waals surface area contributed by atoms with E-state index in [-0.39, 0.29) is 34.6 Å². The van der Waals surface area contributed by atoms with Gasteiger partial charge in [-0.3, -0.25) is 0 Å². The maximum atomic E-state index is 9.92. The Morgan fingerprint density at radius 2 is 0.615 bits per heavy atom. The molecule has 0 heterocycles. The summed E-state index contributed by atoms with van der Waals surface area (Å²) >= 11 is 0. The molecule has 0 rings (SSSR count). The molecule has 0 fully saturated rings. The van der Waals surface area contributed by atoms with Crippen LogP contribution < -0.4 is 10.2 Å². The van der Waals surface area contributed by atoms with Gasteiger partial charge in [0.15, 0.2) is 0 Å². The zero-order valence-corrected chi connectivity index (χ0v) is 28.0. The molecule has 0 aliphatic rings. The molecule has 0 aromatic heterocycles. The Bertz CT molecular complexity index is 371. The van der Waals surface area contributed by atoms with E-state index in [4.69, 9.17) is 10.2 Å². The van der Waals surface area contributed by atoms with Crippen LogP contribution in [0.1, 0.15) is 182 Å². The van der Waals surface area contributed by atoms with Crippen molar-refractivity contribution in [2.75, 3.05) is 13.2 Å². The Morgan fingerprint density at radius 3 is 0.821 bits per heavy atom. The molecule has 2 N–H and O–H groups in total. The fraction of sp³-hybridized carbons (Fsp3) is 0.938. The van der Waals surface area contributed by atoms with Crippen LogP contribution in [-0.4, -0.2) is 35.4 Å². The molecule has 0 saturated heterocycles. The second-order valence-corrected chi connectivity index (χ2v) is 10.1. The number of carbonyl (C=O) groups excluding carboxylic acids is 2. The van der Waals surface area contributed by atoms with E-state index >= 15 is 0 Å². The molecule has 6 nitrogen and oxygen atoms in total. The fourth-order valence-corrected chi connectivity index (χ4v) is 3.53. The van der Waals surface area contributed by atoms with Crippen LogP contribution in [0.2, 0.25) is 0 Å². The van der Waals surface area contributed by atoms with Gasteiger partial charge in [0.25, 0.3) is 0 Å².